The number of carbonyl (C=O) groups is 2. The number of hydrogen-bond donors (Lipinski definition) is 1. The Labute approximate surface area is 147 Å². The van der Waals surface area contributed by atoms with Crippen LogP contribution in [0.25, 0.3) is 0 Å². The zero-order valence-electron chi connectivity index (χ0n) is 14.5. The molecule has 1 aromatic heterocycles. The maximum absolute atomic E-state index is 12.8. The molecule has 1 aromatic carbocycles. The smallest absolute Gasteiger partial charge is 0.225 e. The van der Waals surface area contributed by atoms with Gasteiger partial charge in [0.2, 0.25) is 11.8 Å². The van der Waals surface area contributed by atoms with Crippen LogP contribution in [0.4, 0.5) is 0 Å². The molecule has 2 heterocycles. The van der Waals surface area contributed by atoms with E-state index >= 15 is 0 Å². The zero-order valence-corrected chi connectivity index (χ0v) is 14.5. The molecular formula is C19H22N4O2. The first-order valence-corrected chi connectivity index (χ1v) is 8.43. The van der Waals surface area contributed by atoms with Gasteiger partial charge in [0.15, 0.2) is 0 Å². The fourth-order valence-electron chi connectivity index (χ4n) is 3.33. The van der Waals surface area contributed by atoms with Gasteiger partial charge in [0, 0.05) is 19.7 Å². The number of likely N-dealkylation sites (tertiary alicyclic amines) is 1. The molecule has 6 nitrogen and oxygen atoms in total. The number of benzene rings is 1. The average molecular weight is 338 g/mol. The molecule has 1 fully saturated rings. The minimum absolute atomic E-state index is 0.0514. The molecule has 0 spiro atoms. The summed E-state index contributed by atoms with van der Waals surface area (Å²) in [6.45, 7) is 2.18. The van der Waals surface area contributed by atoms with Gasteiger partial charge in [-0.15, -0.1) is 0 Å². The van der Waals surface area contributed by atoms with Crippen LogP contribution < -0.4 is 5.32 Å². The number of hydrogen-bond acceptors (Lipinski definition) is 4. The molecule has 3 rings (SSSR count). The SMILES string of the molecule is Cc1nccc(CNC(=O)C2CCC(=O)N(C)C2c2ccccc2)n1. The van der Waals surface area contributed by atoms with Crippen molar-refractivity contribution in [2.45, 2.75) is 32.4 Å². The van der Waals surface area contributed by atoms with Crippen molar-refractivity contribution in [2.24, 2.45) is 5.92 Å². The predicted octanol–water partition coefficient (Wildman–Crippen LogP) is 2.01. The van der Waals surface area contributed by atoms with Gasteiger partial charge in [0.25, 0.3) is 0 Å². The number of nitrogens with one attached hydrogen (secondary N) is 1. The van der Waals surface area contributed by atoms with Crippen molar-refractivity contribution in [2.75, 3.05) is 7.05 Å². The molecule has 2 unspecified atom stereocenters. The Bertz CT molecular complexity index is 763. The van der Waals surface area contributed by atoms with Crippen molar-refractivity contribution in [1.82, 2.24) is 20.2 Å². The number of carbonyl (C=O) groups excluding carboxylic acids is 2. The molecule has 6 heteroatoms. The minimum atomic E-state index is -0.270. The second kappa shape index (κ2) is 7.42. The Hall–Kier alpha value is -2.76. The van der Waals surface area contributed by atoms with Crippen molar-refractivity contribution < 1.29 is 9.59 Å². The fraction of sp³-hybridized carbons (Fsp3) is 0.368. The summed E-state index contributed by atoms with van der Waals surface area (Å²) in [6, 6.07) is 11.3. The minimum Gasteiger partial charge on any atom is -0.350 e. The van der Waals surface area contributed by atoms with Crippen LogP contribution in [0.5, 0.6) is 0 Å². The summed E-state index contributed by atoms with van der Waals surface area (Å²) >= 11 is 0. The molecule has 1 N–H and O–H groups in total. The van der Waals surface area contributed by atoms with E-state index in [1.165, 1.54) is 0 Å². The van der Waals surface area contributed by atoms with Crippen LogP contribution in [0.3, 0.4) is 0 Å². The van der Waals surface area contributed by atoms with Crippen LogP contribution in [0, 0.1) is 12.8 Å². The molecule has 2 aromatic rings. The number of aryl methyl sites for hydroxylation is 1. The van der Waals surface area contributed by atoms with E-state index in [9.17, 15) is 9.59 Å². The van der Waals surface area contributed by atoms with Gasteiger partial charge in [-0.3, -0.25) is 9.59 Å². The summed E-state index contributed by atoms with van der Waals surface area (Å²) in [5, 5.41) is 2.96. The monoisotopic (exact) mass is 338 g/mol. The summed E-state index contributed by atoms with van der Waals surface area (Å²) in [5.41, 5.74) is 1.76. The summed E-state index contributed by atoms with van der Waals surface area (Å²) in [6.07, 6.45) is 2.63. The first-order chi connectivity index (χ1) is 12.1. The van der Waals surface area contributed by atoms with Crippen LogP contribution >= 0.6 is 0 Å². The molecule has 0 radical (unpaired) electrons. The van der Waals surface area contributed by atoms with Crippen LogP contribution in [0.1, 0.15) is 36.0 Å². The van der Waals surface area contributed by atoms with Gasteiger partial charge in [-0.25, -0.2) is 9.97 Å². The highest BCUT2D eigenvalue weighted by Gasteiger charge is 2.38. The molecule has 1 aliphatic heterocycles. The molecular weight excluding hydrogens is 316 g/mol. The van der Waals surface area contributed by atoms with Crippen molar-refractivity contribution in [3.8, 4) is 0 Å². The lowest BCUT2D eigenvalue weighted by Gasteiger charge is -2.38. The van der Waals surface area contributed by atoms with E-state index < -0.39 is 0 Å². The highest BCUT2D eigenvalue weighted by Crippen LogP contribution is 2.35. The lowest BCUT2D eigenvalue weighted by atomic mass is 9.84. The highest BCUT2D eigenvalue weighted by atomic mass is 16.2. The fourth-order valence-corrected chi connectivity index (χ4v) is 3.33. The first kappa shape index (κ1) is 17.1. The van der Waals surface area contributed by atoms with Crippen LogP contribution in [-0.4, -0.2) is 33.7 Å². The van der Waals surface area contributed by atoms with Gasteiger partial charge in [-0.1, -0.05) is 30.3 Å². The highest BCUT2D eigenvalue weighted by molar-refractivity contribution is 5.84. The Kier molecular flexibility index (Phi) is 5.07. The van der Waals surface area contributed by atoms with Crippen LogP contribution in [0.15, 0.2) is 42.6 Å². The standard InChI is InChI=1S/C19H22N4O2/c1-13-20-11-10-15(22-13)12-21-19(25)16-8-9-17(24)23(2)18(16)14-6-4-3-5-7-14/h3-7,10-11,16,18H,8-9,12H2,1-2H3,(H,21,25). The zero-order chi connectivity index (χ0) is 17.8. The summed E-state index contributed by atoms with van der Waals surface area (Å²) < 4.78 is 0. The lowest BCUT2D eigenvalue weighted by molar-refractivity contribution is -0.141. The van der Waals surface area contributed by atoms with Crippen molar-refractivity contribution in [3.05, 3.63) is 59.7 Å². The quantitative estimate of drug-likeness (QED) is 0.925. The first-order valence-electron chi connectivity index (χ1n) is 8.43. The van der Waals surface area contributed by atoms with Gasteiger partial charge in [0.1, 0.15) is 5.82 Å². The van der Waals surface area contributed by atoms with Crippen molar-refractivity contribution in [3.63, 3.8) is 0 Å². The number of aromatic nitrogens is 2. The third kappa shape index (κ3) is 3.84. The molecule has 25 heavy (non-hydrogen) atoms. The molecule has 0 bridgehead atoms. The number of nitrogens with zero attached hydrogens (tertiary/aromatic N) is 3. The Morgan fingerprint density at radius 3 is 2.76 bits per heavy atom. The summed E-state index contributed by atoms with van der Waals surface area (Å²) in [4.78, 5) is 35.0. The third-order valence-corrected chi connectivity index (χ3v) is 4.62. The van der Waals surface area contributed by atoms with Crippen LogP contribution in [-0.2, 0) is 16.1 Å². The van der Waals surface area contributed by atoms with E-state index in [1.54, 1.807) is 24.2 Å². The van der Waals surface area contributed by atoms with E-state index in [-0.39, 0.29) is 23.8 Å². The normalized spacial score (nSPS) is 20.4. The molecule has 2 atom stereocenters. The van der Waals surface area contributed by atoms with Crippen molar-refractivity contribution >= 4 is 11.8 Å². The molecule has 0 aliphatic carbocycles. The predicted molar refractivity (Wildman–Crippen MR) is 93.3 cm³/mol. The third-order valence-electron chi connectivity index (χ3n) is 4.62. The van der Waals surface area contributed by atoms with Gasteiger partial charge in [-0.05, 0) is 25.0 Å². The molecule has 1 saturated heterocycles. The van der Waals surface area contributed by atoms with E-state index in [2.05, 4.69) is 15.3 Å². The maximum Gasteiger partial charge on any atom is 0.225 e. The topological polar surface area (TPSA) is 75.2 Å². The number of piperidine rings is 1. The maximum atomic E-state index is 12.8. The summed E-state index contributed by atoms with van der Waals surface area (Å²) in [5.74, 6) is 0.429. The van der Waals surface area contributed by atoms with E-state index in [0.717, 1.165) is 11.3 Å². The van der Waals surface area contributed by atoms with E-state index in [0.29, 0.717) is 25.2 Å². The van der Waals surface area contributed by atoms with Gasteiger partial charge in [0.05, 0.1) is 24.2 Å². The lowest BCUT2D eigenvalue weighted by Crippen LogP contribution is -2.46. The molecule has 0 saturated carbocycles. The van der Waals surface area contributed by atoms with Gasteiger partial charge in [-0.2, -0.15) is 0 Å². The van der Waals surface area contributed by atoms with Gasteiger partial charge >= 0.3 is 0 Å². The average Bonchev–Trinajstić information content (AvgIpc) is 2.62. The summed E-state index contributed by atoms with van der Waals surface area (Å²) in [7, 11) is 1.77. The van der Waals surface area contributed by atoms with Gasteiger partial charge < -0.3 is 10.2 Å². The van der Waals surface area contributed by atoms with E-state index in [1.807, 2.05) is 37.3 Å². The number of rotatable bonds is 4. The Balaban J connectivity index is 1.76. The molecule has 2 amide bonds. The van der Waals surface area contributed by atoms with E-state index in [4.69, 9.17) is 0 Å². The molecule has 130 valence electrons. The second-order valence-corrected chi connectivity index (χ2v) is 6.32. The van der Waals surface area contributed by atoms with Crippen molar-refractivity contribution in [1.29, 1.82) is 0 Å². The largest absolute Gasteiger partial charge is 0.350 e. The second-order valence-electron chi connectivity index (χ2n) is 6.32. The van der Waals surface area contributed by atoms with Crippen LogP contribution in [0.2, 0.25) is 0 Å². The Morgan fingerprint density at radius 1 is 1.28 bits per heavy atom. The Morgan fingerprint density at radius 2 is 2.04 bits per heavy atom. The number of amides is 2. The molecule has 1 aliphatic rings.